The Morgan fingerprint density at radius 1 is 1.25 bits per heavy atom. The van der Waals surface area contributed by atoms with Crippen molar-refractivity contribution >= 4 is 11.6 Å². The second-order valence-corrected chi connectivity index (χ2v) is 5.41. The molecule has 5 nitrogen and oxygen atoms in total. The number of nitrogens with zero attached hydrogens (tertiary/aromatic N) is 3. The van der Waals surface area contributed by atoms with Gasteiger partial charge in [0.25, 0.3) is 0 Å². The Kier molecular flexibility index (Phi) is 3.69. The van der Waals surface area contributed by atoms with Crippen LogP contribution in [0.4, 0.5) is 0 Å². The van der Waals surface area contributed by atoms with Gasteiger partial charge in [-0.25, -0.2) is 9.78 Å². The average molecular weight is 273 g/mol. The van der Waals surface area contributed by atoms with Crippen LogP contribution in [0, 0.1) is 0 Å². The van der Waals surface area contributed by atoms with Gasteiger partial charge < -0.3 is 9.51 Å². The van der Waals surface area contributed by atoms with E-state index in [0.29, 0.717) is 5.65 Å². The Bertz CT molecular complexity index is 613. The molecule has 1 N–H and O–H groups in total. The number of aromatic carboxylic acids is 1. The van der Waals surface area contributed by atoms with Crippen LogP contribution < -0.4 is 0 Å². The largest absolute Gasteiger partial charge is 0.478 e. The van der Waals surface area contributed by atoms with Crippen LogP contribution in [0.1, 0.15) is 41.7 Å². The minimum Gasteiger partial charge on any atom is -0.478 e. The molecule has 1 saturated heterocycles. The fraction of sp³-hybridized carbons (Fsp3) is 0.467. The van der Waals surface area contributed by atoms with Crippen LogP contribution in [0.25, 0.3) is 5.65 Å². The van der Waals surface area contributed by atoms with Crippen molar-refractivity contribution in [3.63, 3.8) is 0 Å². The number of pyridine rings is 1. The molecule has 0 amide bonds. The van der Waals surface area contributed by atoms with Gasteiger partial charge in [0.2, 0.25) is 0 Å². The van der Waals surface area contributed by atoms with Crippen LogP contribution in [0.2, 0.25) is 0 Å². The van der Waals surface area contributed by atoms with Crippen LogP contribution >= 0.6 is 0 Å². The number of hydrogen-bond acceptors (Lipinski definition) is 3. The molecule has 106 valence electrons. The van der Waals surface area contributed by atoms with Gasteiger partial charge in [0.1, 0.15) is 5.65 Å². The van der Waals surface area contributed by atoms with Gasteiger partial charge in [0.15, 0.2) is 0 Å². The van der Waals surface area contributed by atoms with Crippen LogP contribution in [-0.4, -0.2) is 38.4 Å². The fourth-order valence-electron chi connectivity index (χ4n) is 2.77. The zero-order valence-electron chi connectivity index (χ0n) is 11.5. The summed E-state index contributed by atoms with van der Waals surface area (Å²) in [4.78, 5) is 17.9. The van der Waals surface area contributed by atoms with Crippen LogP contribution in [0.3, 0.4) is 0 Å². The molecule has 0 aromatic carbocycles. The van der Waals surface area contributed by atoms with E-state index in [1.807, 2.05) is 10.6 Å². The Morgan fingerprint density at radius 2 is 2.00 bits per heavy atom. The smallest absolute Gasteiger partial charge is 0.335 e. The summed E-state index contributed by atoms with van der Waals surface area (Å²) in [5.74, 6) is -0.912. The van der Waals surface area contributed by atoms with Gasteiger partial charge in [0.05, 0.1) is 11.3 Å². The van der Waals surface area contributed by atoms with Gasteiger partial charge in [-0.15, -0.1) is 0 Å². The molecule has 5 heteroatoms. The van der Waals surface area contributed by atoms with Crippen molar-refractivity contribution in [2.24, 2.45) is 0 Å². The number of aromatic nitrogens is 2. The molecular weight excluding hydrogens is 254 g/mol. The SMILES string of the molecule is O=C(O)c1ccn2cc(CN3CCCCCC3)nc2c1. The highest BCUT2D eigenvalue weighted by Gasteiger charge is 2.12. The number of imidazole rings is 1. The van der Waals surface area contributed by atoms with Gasteiger partial charge in [-0.3, -0.25) is 4.90 Å². The monoisotopic (exact) mass is 273 g/mol. The number of fused-ring (bicyclic) bond motifs is 1. The van der Waals surface area contributed by atoms with Crippen molar-refractivity contribution in [1.82, 2.24) is 14.3 Å². The number of carbonyl (C=O) groups is 1. The molecule has 3 heterocycles. The van der Waals surface area contributed by atoms with Crippen molar-refractivity contribution in [3.8, 4) is 0 Å². The van der Waals surface area contributed by atoms with E-state index in [2.05, 4.69) is 9.88 Å². The van der Waals surface area contributed by atoms with Gasteiger partial charge >= 0.3 is 5.97 Å². The summed E-state index contributed by atoms with van der Waals surface area (Å²) in [7, 11) is 0. The number of likely N-dealkylation sites (tertiary alicyclic amines) is 1. The van der Waals surface area contributed by atoms with Crippen LogP contribution in [-0.2, 0) is 6.54 Å². The van der Waals surface area contributed by atoms with Gasteiger partial charge in [-0.2, -0.15) is 0 Å². The Labute approximate surface area is 117 Å². The molecule has 1 aliphatic rings. The lowest BCUT2D eigenvalue weighted by Crippen LogP contribution is -2.24. The molecule has 2 aromatic heterocycles. The lowest BCUT2D eigenvalue weighted by Gasteiger charge is -2.17. The summed E-state index contributed by atoms with van der Waals surface area (Å²) in [6.07, 6.45) is 8.92. The number of hydrogen-bond donors (Lipinski definition) is 1. The van der Waals surface area contributed by atoms with Crippen LogP contribution in [0.5, 0.6) is 0 Å². The summed E-state index contributed by atoms with van der Waals surface area (Å²) < 4.78 is 1.89. The number of carboxylic acids is 1. The first-order valence-corrected chi connectivity index (χ1v) is 7.16. The molecule has 20 heavy (non-hydrogen) atoms. The van der Waals surface area contributed by atoms with E-state index < -0.39 is 5.97 Å². The van der Waals surface area contributed by atoms with E-state index in [4.69, 9.17) is 5.11 Å². The van der Waals surface area contributed by atoms with Crippen molar-refractivity contribution in [2.75, 3.05) is 13.1 Å². The maximum Gasteiger partial charge on any atom is 0.335 e. The van der Waals surface area contributed by atoms with E-state index in [9.17, 15) is 4.79 Å². The molecular formula is C15H19N3O2. The molecule has 0 bridgehead atoms. The quantitative estimate of drug-likeness (QED) is 0.933. The minimum atomic E-state index is -0.912. The van der Waals surface area contributed by atoms with E-state index >= 15 is 0 Å². The Morgan fingerprint density at radius 3 is 2.70 bits per heavy atom. The highest BCUT2D eigenvalue weighted by molar-refractivity contribution is 5.88. The van der Waals surface area contributed by atoms with Gasteiger partial charge in [-0.05, 0) is 38.1 Å². The first-order chi connectivity index (χ1) is 9.72. The van der Waals surface area contributed by atoms with Gasteiger partial charge in [-0.1, -0.05) is 12.8 Å². The maximum absolute atomic E-state index is 11.0. The molecule has 3 rings (SSSR count). The molecule has 2 aromatic rings. The summed E-state index contributed by atoms with van der Waals surface area (Å²) in [5, 5.41) is 9.00. The highest BCUT2D eigenvalue weighted by Crippen LogP contribution is 2.14. The van der Waals surface area contributed by atoms with E-state index in [0.717, 1.165) is 25.3 Å². The number of carboxylic acid groups (broad SMARTS) is 1. The predicted molar refractivity (Wildman–Crippen MR) is 75.9 cm³/mol. The highest BCUT2D eigenvalue weighted by atomic mass is 16.4. The standard InChI is InChI=1S/C15H19N3O2/c19-15(20)12-5-8-18-11-13(16-14(18)9-12)10-17-6-3-1-2-4-7-17/h5,8-9,11H,1-4,6-7,10H2,(H,19,20). The lowest BCUT2D eigenvalue weighted by atomic mass is 10.2. The summed E-state index contributed by atoms with van der Waals surface area (Å²) in [5.41, 5.74) is 1.99. The van der Waals surface area contributed by atoms with Crippen LogP contribution in [0.15, 0.2) is 24.5 Å². The summed E-state index contributed by atoms with van der Waals surface area (Å²) >= 11 is 0. The molecule has 0 unspecified atom stereocenters. The first kappa shape index (κ1) is 13.1. The maximum atomic E-state index is 11.0. The molecule has 0 atom stereocenters. The van der Waals surface area contributed by atoms with E-state index in [1.165, 1.54) is 25.7 Å². The molecule has 1 fully saturated rings. The van der Waals surface area contributed by atoms with Crippen molar-refractivity contribution in [2.45, 2.75) is 32.2 Å². The zero-order chi connectivity index (χ0) is 13.9. The van der Waals surface area contributed by atoms with E-state index in [-0.39, 0.29) is 5.56 Å². The second-order valence-electron chi connectivity index (χ2n) is 5.41. The third-order valence-electron chi connectivity index (χ3n) is 3.84. The van der Waals surface area contributed by atoms with Crippen molar-refractivity contribution < 1.29 is 9.90 Å². The first-order valence-electron chi connectivity index (χ1n) is 7.16. The molecule has 0 aliphatic carbocycles. The fourth-order valence-corrected chi connectivity index (χ4v) is 2.77. The molecule has 0 radical (unpaired) electrons. The molecule has 0 spiro atoms. The number of rotatable bonds is 3. The van der Waals surface area contributed by atoms with Crippen molar-refractivity contribution in [1.29, 1.82) is 0 Å². The van der Waals surface area contributed by atoms with Gasteiger partial charge in [0, 0.05) is 18.9 Å². The minimum absolute atomic E-state index is 0.282. The van der Waals surface area contributed by atoms with Crippen molar-refractivity contribution in [3.05, 3.63) is 35.8 Å². The Hall–Kier alpha value is -1.88. The summed E-state index contributed by atoms with van der Waals surface area (Å²) in [6.45, 7) is 3.12. The normalized spacial score (nSPS) is 17.2. The lowest BCUT2D eigenvalue weighted by molar-refractivity contribution is 0.0697. The zero-order valence-corrected chi connectivity index (χ0v) is 11.5. The predicted octanol–water partition coefficient (Wildman–Crippen LogP) is 2.41. The van der Waals surface area contributed by atoms with E-state index in [1.54, 1.807) is 18.3 Å². The topological polar surface area (TPSA) is 57.8 Å². The molecule has 1 aliphatic heterocycles. The summed E-state index contributed by atoms with van der Waals surface area (Å²) in [6, 6.07) is 3.22. The Balaban J connectivity index is 1.79. The second kappa shape index (κ2) is 5.63. The third kappa shape index (κ3) is 2.82. The third-order valence-corrected chi connectivity index (χ3v) is 3.84. The molecule has 0 saturated carbocycles. The average Bonchev–Trinajstić information content (AvgIpc) is 2.64.